The monoisotopic (exact) mass is 239 g/mol. The lowest BCUT2D eigenvalue weighted by Crippen LogP contribution is -2.36. The predicted octanol–water partition coefficient (Wildman–Crippen LogP) is 2.49. The molecule has 3 nitrogen and oxygen atoms in total. The third kappa shape index (κ3) is 2.74. The first-order chi connectivity index (χ1) is 7.66. The Morgan fingerprint density at radius 1 is 1.56 bits per heavy atom. The zero-order chi connectivity index (χ0) is 11.5. The van der Waals surface area contributed by atoms with Gasteiger partial charge in [0.05, 0.1) is 0 Å². The molecule has 90 valence electrons. The Bertz CT molecular complexity index is 331. The molecule has 1 heterocycles. The van der Waals surface area contributed by atoms with Crippen LogP contribution < -0.4 is 10.2 Å². The summed E-state index contributed by atoms with van der Waals surface area (Å²) in [5.41, 5.74) is 0. The van der Waals surface area contributed by atoms with Gasteiger partial charge in [-0.2, -0.15) is 0 Å². The molecule has 2 rings (SSSR count). The molecule has 0 bridgehead atoms. The summed E-state index contributed by atoms with van der Waals surface area (Å²) in [5, 5.41) is 4.70. The number of hydrogen-bond donors (Lipinski definition) is 1. The summed E-state index contributed by atoms with van der Waals surface area (Å²) in [6, 6.07) is 0.652. The normalized spacial score (nSPS) is 18.2. The molecule has 1 aliphatic carbocycles. The molecule has 1 saturated carbocycles. The number of nitrogens with one attached hydrogen (secondary N) is 1. The average molecular weight is 239 g/mol. The standard InChI is InChI=1S/C12H21N3S/c1-9(10-5-4-6-10)13-7-11-8-14-12(16-11)15(2)3/h8-10,13H,4-7H2,1-3H3. The van der Waals surface area contributed by atoms with Crippen LogP contribution in [0.1, 0.15) is 31.1 Å². The second kappa shape index (κ2) is 5.15. The maximum atomic E-state index is 4.38. The highest BCUT2D eigenvalue weighted by Gasteiger charge is 2.23. The van der Waals surface area contributed by atoms with Crippen LogP contribution >= 0.6 is 11.3 Å². The minimum absolute atomic E-state index is 0.652. The van der Waals surface area contributed by atoms with Crippen LogP contribution in [-0.4, -0.2) is 25.1 Å². The van der Waals surface area contributed by atoms with Gasteiger partial charge in [0, 0.05) is 37.8 Å². The third-order valence-electron chi connectivity index (χ3n) is 3.38. The molecule has 0 saturated heterocycles. The summed E-state index contributed by atoms with van der Waals surface area (Å²) in [5.74, 6) is 0.904. The Kier molecular flexibility index (Phi) is 3.82. The van der Waals surface area contributed by atoms with E-state index in [9.17, 15) is 0 Å². The molecule has 0 amide bonds. The Morgan fingerprint density at radius 2 is 2.31 bits per heavy atom. The first-order valence-corrected chi connectivity index (χ1v) is 6.84. The van der Waals surface area contributed by atoms with E-state index in [0.29, 0.717) is 6.04 Å². The van der Waals surface area contributed by atoms with E-state index in [0.717, 1.165) is 17.6 Å². The van der Waals surface area contributed by atoms with Crippen molar-refractivity contribution in [3.05, 3.63) is 11.1 Å². The molecule has 1 N–H and O–H groups in total. The molecule has 1 aromatic heterocycles. The molecule has 1 aliphatic rings. The first kappa shape index (κ1) is 11.9. The summed E-state index contributed by atoms with van der Waals surface area (Å²) in [6.45, 7) is 3.26. The lowest BCUT2D eigenvalue weighted by atomic mass is 9.80. The minimum atomic E-state index is 0.652. The van der Waals surface area contributed by atoms with Crippen molar-refractivity contribution < 1.29 is 0 Å². The van der Waals surface area contributed by atoms with Gasteiger partial charge in [-0.05, 0) is 25.7 Å². The van der Waals surface area contributed by atoms with E-state index >= 15 is 0 Å². The Labute approximate surface area is 102 Å². The molecular formula is C12H21N3S. The van der Waals surface area contributed by atoms with E-state index in [1.54, 1.807) is 11.3 Å². The van der Waals surface area contributed by atoms with Crippen LogP contribution in [0.5, 0.6) is 0 Å². The van der Waals surface area contributed by atoms with Crippen LogP contribution in [0.25, 0.3) is 0 Å². The van der Waals surface area contributed by atoms with E-state index in [2.05, 4.69) is 22.1 Å². The zero-order valence-electron chi connectivity index (χ0n) is 10.4. The molecule has 0 radical (unpaired) electrons. The fourth-order valence-electron chi connectivity index (χ4n) is 1.95. The van der Waals surface area contributed by atoms with Gasteiger partial charge in [0.25, 0.3) is 0 Å². The SMILES string of the molecule is CC(NCc1cnc(N(C)C)s1)C1CCC1. The van der Waals surface area contributed by atoms with Gasteiger partial charge in [0.15, 0.2) is 5.13 Å². The van der Waals surface area contributed by atoms with Gasteiger partial charge < -0.3 is 10.2 Å². The lowest BCUT2D eigenvalue weighted by molar-refractivity contribution is 0.240. The summed E-state index contributed by atoms with van der Waals surface area (Å²) >= 11 is 1.77. The van der Waals surface area contributed by atoms with E-state index < -0.39 is 0 Å². The fraction of sp³-hybridized carbons (Fsp3) is 0.750. The number of hydrogen-bond acceptors (Lipinski definition) is 4. The van der Waals surface area contributed by atoms with Gasteiger partial charge in [0.1, 0.15) is 0 Å². The van der Waals surface area contributed by atoms with Crippen molar-refractivity contribution in [2.75, 3.05) is 19.0 Å². The van der Waals surface area contributed by atoms with Crippen molar-refractivity contribution in [1.29, 1.82) is 0 Å². The van der Waals surface area contributed by atoms with Crippen LogP contribution in [0.15, 0.2) is 6.20 Å². The fourth-order valence-corrected chi connectivity index (χ4v) is 2.74. The Morgan fingerprint density at radius 3 is 2.81 bits per heavy atom. The van der Waals surface area contributed by atoms with Crippen LogP contribution in [0, 0.1) is 5.92 Å². The molecule has 0 aromatic carbocycles. The maximum absolute atomic E-state index is 4.38. The second-order valence-corrected chi connectivity index (χ2v) is 5.96. The molecular weight excluding hydrogens is 218 g/mol. The molecule has 16 heavy (non-hydrogen) atoms. The number of anilines is 1. The van der Waals surface area contributed by atoms with Crippen molar-refractivity contribution in [1.82, 2.24) is 10.3 Å². The van der Waals surface area contributed by atoms with Crippen molar-refractivity contribution in [2.24, 2.45) is 5.92 Å². The van der Waals surface area contributed by atoms with Gasteiger partial charge in [0.2, 0.25) is 0 Å². The quantitative estimate of drug-likeness (QED) is 0.855. The first-order valence-electron chi connectivity index (χ1n) is 6.02. The van der Waals surface area contributed by atoms with Gasteiger partial charge in [-0.3, -0.25) is 0 Å². The number of aromatic nitrogens is 1. The van der Waals surface area contributed by atoms with E-state index in [-0.39, 0.29) is 0 Å². The van der Waals surface area contributed by atoms with Gasteiger partial charge in [-0.25, -0.2) is 4.98 Å². The highest BCUT2D eigenvalue weighted by Crippen LogP contribution is 2.29. The summed E-state index contributed by atoms with van der Waals surface area (Å²) in [7, 11) is 4.07. The van der Waals surface area contributed by atoms with Crippen molar-refractivity contribution in [3.63, 3.8) is 0 Å². The molecule has 1 atom stereocenters. The van der Waals surface area contributed by atoms with E-state index in [1.165, 1.54) is 24.1 Å². The van der Waals surface area contributed by atoms with Gasteiger partial charge in [-0.1, -0.05) is 6.42 Å². The van der Waals surface area contributed by atoms with Gasteiger partial charge >= 0.3 is 0 Å². The molecule has 0 aliphatic heterocycles. The second-order valence-electron chi connectivity index (χ2n) is 4.86. The van der Waals surface area contributed by atoms with Crippen LogP contribution in [-0.2, 0) is 6.54 Å². The molecule has 1 aromatic rings. The Hall–Kier alpha value is -0.610. The smallest absolute Gasteiger partial charge is 0.185 e. The van der Waals surface area contributed by atoms with Crippen LogP contribution in [0.2, 0.25) is 0 Å². The molecule has 1 fully saturated rings. The molecule has 1 unspecified atom stereocenters. The predicted molar refractivity (Wildman–Crippen MR) is 70.1 cm³/mol. The molecule has 0 spiro atoms. The number of thiazole rings is 1. The third-order valence-corrected chi connectivity index (χ3v) is 4.54. The average Bonchev–Trinajstić information content (AvgIpc) is 2.60. The summed E-state index contributed by atoms with van der Waals surface area (Å²) < 4.78 is 0. The van der Waals surface area contributed by atoms with Crippen molar-refractivity contribution >= 4 is 16.5 Å². The van der Waals surface area contributed by atoms with Gasteiger partial charge in [-0.15, -0.1) is 11.3 Å². The topological polar surface area (TPSA) is 28.2 Å². The number of rotatable bonds is 5. The largest absolute Gasteiger partial charge is 0.354 e. The maximum Gasteiger partial charge on any atom is 0.185 e. The van der Waals surface area contributed by atoms with Crippen molar-refractivity contribution in [2.45, 2.75) is 38.8 Å². The highest BCUT2D eigenvalue weighted by atomic mass is 32.1. The zero-order valence-corrected chi connectivity index (χ0v) is 11.2. The lowest BCUT2D eigenvalue weighted by Gasteiger charge is -2.31. The van der Waals surface area contributed by atoms with E-state index in [4.69, 9.17) is 0 Å². The minimum Gasteiger partial charge on any atom is -0.354 e. The molecule has 4 heteroatoms. The van der Waals surface area contributed by atoms with Crippen molar-refractivity contribution in [3.8, 4) is 0 Å². The number of nitrogens with zero attached hydrogens (tertiary/aromatic N) is 2. The summed E-state index contributed by atoms with van der Waals surface area (Å²) in [6.07, 6.45) is 6.21. The van der Waals surface area contributed by atoms with E-state index in [1.807, 2.05) is 20.3 Å². The summed E-state index contributed by atoms with van der Waals surface area (Å²) in [4.78, 5) is 7.76. The van der Waals surface area contributed by atoms with Crippen LogP contribution in [0.3, 0.4) is 0 Å². The highest BCUT2D eigenvalue weighted by molar-refractivity contribution is 7.15. The Balaban J connectivity index is 1.79. The van der Waals surface area contributed by atoms with Crippen LogP contribution in [0.4, 0.5) is 5.13 Å².